The molecule has 0 atom stereocenters. The van der Waals surface area contributed by atoms with Gasteiger partial charge in [0.25, 0.3) is 5.91 Å². The first-order valence-electron chi connectivity index (χ1n) is 8.87. The molecule has 5 nitrogen and oxygen atoms in total. The Hall–Kier alpha value is -2.60. The molecule has 1 aliphatic carbocycles. The van der Waals surface area contributed by atoms with Gasteiger partial charge in [0.1, 0.15) is 11.4 Å². The van der Waals surface area contributed by atoms with E-state index in [4.69, 9.17) is 4.74 Å². The normalized spacial score (nSPS) is 14.7. The van der Waals surface area contributed by atoms with Crippen LogP contribution in [0, 0.1) is 6.92 Å². The average molecular weight is 365 g/mol. The van der Waals surface area contributed by atoms with Crippen molar-refractivity contribution in [2.24, 2.45) is 0 Å². The van der Waals surface area contributed by atoms with Gasteiger partial charge in [0.05, 0.1) is 17.9 Å². The zero-order chi connectivity index (χ0) is 17.7. The maximum atomic E-state index is 12.9. The van der Waals surface area contributed by atoms with Gasteiger partial charge in [-0.15, -0.1) is 11.3 Å². The summed E-state index contributed by atoms with van der Waals surface area (Å²) < 4.78 is 5.83. The molecule has 1 aromatic carbocycles. The number of anilines is 1. The van der Waals surface area contributed by atoms with Gasteiger partial charge in [0.2, 0.25) is 0 Å². The lowest BCUT2D eigenvalue weighted by atomic mass is 10.1. The van der Waals surface area contributed by atoms with Crippen molar-refractivity contribution in [3.63, 3.8) is 0 Å². The van der Waals surface area contributed by atoms with Crippen molar-refractivity contribution in [1.29, 1.82) is 0 Å². The Morgan fingerprint density at radius 2 is 2.19 bits per heavy atom. The van der Waals surface area contributed by atoms with E-state index in [0.717, 1.165) is 46.1 Å². The van der Waals surface area contributed by atoms with Crippen LogP contribution in [-0.4, -0.2) is 22.7 Å². The van der Waals surface area contributed by atoms with Gasteiger partial charge in [0, 0.05) is 10.4 Å². The third-order valence-corrected chi connectivity index (χ3v) is 6.13. The molecule has 26 heavy (non-hydrogen) atoms. The van der Waals surface area contributed by atoms with Gasteiger partial charge in [-0.3, -0.25) is 9.89 Å². The minimum atomic E-state index is -0.0460. The average Bonchev–Trinajstić information content (AvgIpc) is 3.37. The Morgan fingerprint density at radius 1 is 1.31 bits per heavy atom. The molecule has 3 aromatic rings. The van der Waals surface area contributed by atoms with Crippen molar-refractivity contribution in [3.8, 4) is 17.0 Å². The minimum Gasteiger partial charge on any atom is -0.484 e. The number of nitrogens with one attached hydrogen (secondary N) is 1. The van der Waals surface area contributed by atoms with Gasteiger partial charge in [-0.2, -0.15) is 5.10 Å². The van der Waals surface area contributed by atoms with Crippen LogP contribution in [0.1, 0.15) is 28.1 Å². The summed E-state index contributed by atoms with van der Waals surface area (Å²) in [4.78, 5) is 15.9. The summed E-state index contributed by atoms with van der Waals surface area (Å²) in [6, 6.07) is 8.25. The van der Waals surface area contributed by atoms with E-state index >= 15 is 0 Å². The van der Waals surface area contributed by atoms with Crippen LogP contribution in [0.25, 0.3) is 11.3 Å². The summed E-state index contributed by atoms with van der Waals surface area (Å²) in [5, 5.41) is 9.47. The Balaban J connectivity index is 1.37. The maximum absolute atomic E-state index is 12.9. The van der Waals surface area contributed by atoms with Crippen LogP contribution in [0.5, 0.6) is 5.75 Å². The molecule has 1 N–H and O–H groups in total. The Kier molecular flexibility index (Phi) is 3.60. The van der Waals surface area contributed by atoms with Crippen molar-refractivity contribution in [3.05, 3.63) is 51.3 Å². The molecule has 2 aliphatic rings. The SMILES string of the molecule is Cc1[nH]nc2c1N(C(=O)COc1ccc3c(c1)CCC3)Cc1sccc1-2. The van der Waals surface area contributed by atoms with Gasteiger partial charge in [-0.25, -0.2) is 0 Å². The predicted octanol–water partition coefficient (Wildman–Crippen LogP) is 3.86. The molecule has 0 fully saturated rings. The number of aromatic nitrogens is 2. The Bertz CT molecular complexity index is 1000. The molecule has 0 saturated carbocycles. The Morgan fingerprint density at radius 3 is 3.12 bits per heavy atom. The van der Waals surface area contributed by atoms with Crippen molar-refractivity contribution in [2.75, 3.05) is 11.5 Å². The quantitative estimate of drug-likeness (QED) is 0.767. The Labute approximate surface area is 155 Å². The van der Waals surface area contributed by atoms with Crippen LogP contribution in [0.2, 0.25) is 0 Å². The summed E-state index contributed by atoms with van der Waals surface area (Å²) >= 11 is 1.66. The molecule has 6 heteroatoms. The molecule has 1 amide bonds. The smallest absolute Gasteiger partial charge is 0.265 e. The fraction of sp³-hybridized carbons (Fsp3) is 0.300. The number of aromatic amines is 1. The number of carbonyl (C=O) groups is 1. The number of aryl methyl sites for hydroxylation is 3. The molecular formula is C20H19N3O2S. The van der Waals surface area contributed by atoms with E-state index < -0.39 is 0 Å². The lowest BCUT2D eigenvalue weighted by Gasteiger charge is -2.27. The molecule has 5 rings (SSSR count). The van der Waals surface area contributed by atoms with Gasteiger partial charge >= 0.3 is 0 Å². The number of hydrogen-bond donors (Lipinski definition) is 1. The van der Waals surface area contributed by atoms with Crippen molar-refractivity contribution >= 4 is 22.9 Å². The minimum absolute atomic E-state index is 0.0313. The van der Waals surface area contributed by atoms with Crippen LogP contribution in [-0.2, 0) is 24.2 Å². The number of hydrogen-bond acceptors (Lipinski definition) is 4. The number of H-pyrrole nitrogens is 1. The first-order valence-corrected chi connectivity index (χ1v) is 9.75. The van der Waals surface area contributed by atoms with E-state index in [1.807, 2.05) is 18.4 Å². The van der Waals surface area contributed by atoms with E-state index in [0.29, 0.717) is 6.54 Å². The zero-order valence-electron chi connectivity index (χ0n) is 14.5. The molecule has 0 unspecified atom stereocenters. The van der Waals surface area contributed by atoms with Gasteiger partial charge in [0.15, 0.2) is 6.61 Å². The van der Waals surface area contributed by atoms with Crippen LogP contribution >= 0.6 is 11.3 Å². The summed E-state index contributed by atoms with van der Waals surface area (Å²) in [6.45, 7) is 2.56. The van der Waals surface area contributed by atoms with Crippen molar-refractivity contribution in [2.45, 2.75) is 32.7 Å². The van der Waals surface area contributed by atoms with Crippen LogP contribution in [0.3, 0.4) is 0 Å². The highest BCUT2D eigenvalue weighted by molar-refractivity contribution is 7.10. The van der Waals surface area contributed by atoms with E-state index in [1.165, 1.54) is 17.5 Å². The number of benzene rings is 1. The molecule has 0 bridgehead atoms. The van der Waals surface area contributed by atoms with Gasteiger partial charge in [-0.05, 0) is 60.9 Å². The molecule has 2 aromatic heterocycles. The van der Waals surface area contributed by atoms with Crippen LogP contribution in [0.15, 0.2) is 29.6 Å². The van der Waals surface area contributed by atoms with Crippen molar-refractivity contribution in [1.82, 2.24) is 10.2 Å². The second-order valence-electron chi connectivity index (χ2n) is 6.86. The third-order valence-electron chi connectivity index (χ3n) is 5.22. The standard InChI is InChI=1S/C20H19N3O2S/c1-12-20-19(22-21-12)16-7-8-26-17(16)10-23(20)18(24)11-25-15-6-5-13-3-2-4-14(13)9-15/h5-9H,2-4,10-11H2,1H3,(H,21,22). The number of fused-ring (bicyclic) bond motifs is 4. The largest absolute Gasteiger partial charge is 0.484 e. The fourth-order valence-electron chi connectivity index (χ4n) is 3.91. The zero-order valence-corrected chi connectivity index (χ0v) is 15.4. The van der Waals surface area contributed by atoms with E-state index in [2.05, 4.69) is 28.4 Å². The van der Waals surface area contributed by atoms with Crippen LogP contribution < -0.4 is 9.64 Å². The summed E-state index contributed by atoms with van der Waals surface area (Å²) in [5.41, 5.74) is 6.52. The second-order valence-corrected chi connectivity index (χ2v) is 7.86. The summed E-state index contributed by atoms with van der Waals surface area (Å²) in [5.74, 6) is 0.729. The molecule has 0 saturated heterocycles. The predicted molar refractivity (Wildman–Crippen MR) is 102 cm³/mol. The molecule has 3 heterocycles. The highest BCUT2D eigenvalue weighted by Gasteiger charge is 2.31. The molecule has 1 aliphatic heterocycles. The fourth-order valence-corrected chi connectivity index (χ4v) is 4.78. The number of nitrogens with zero attached hydrogens (tertiary/aromatic N) is 2. The maximum Gasteiger partial charge on any atom is 0.265 e. The number of rotatable bonds is 3. The highest BCUT2D eigenvalue weighted by Crippen LogP contribution is 2.41. The molecule has 132 valence electrons. The van der Waals surface area contributed by atoms with E-state index in [1.54, 1.807) is 16.2 Å². The monoisotopic (exact) mass is 365 g/mol. The van der Waals surface area contributed by atoms with Gasteiger partial charge < -0.3 is 9.64 Å². The van der Waals surface area contributed by atoms with Gasteiger partial charge in [-0.1, -0.05) is 6.07 Å². The molecular weight excluding hydrogens is 346 g/mol. The first-order chi connectivity index (χ1) is 12.7. The molecule has 0 spiro atoms. The number of thiophene rings is 1. The highest BCUT2D eigenvalue weighted by atomic mass is 32.1. The summed E-state index contributed by atoms with van der Waals surface area (Å²) in [7, 11) is 0. The number of amides is 1. The lowest BCUT2D eigenvalue weighted by Crippen LogP contribution is -2.36. The van der Waals surface area contributed by atoms with E-state index in [9.17, 15) is 4.79 Å². The third kappa shape index (κ3) is 2.44. The molecule has 0 radical (unpaired) electrons. The number of carbonyl (C=O) groups excluding carboxylic acids is 1. The van der Waals surface area contributed by atoms with E-state index in [-0.39, 0.29) is 12.5 Å². The van der Waals surface area contributed by atoms with Crippen LogP contribution in [0.4, 0.5) is 5.69 Å². The van der Waals surface area contributed by atoms with Crippen molar-refractivity contribution < 1.29 is 9.53 Å². The topological polar surface area (TPSA) is 58.2 Å². The second kappa shape index (κ2) is 5.99. The first kappa shape index (κ1) is 15.6. The summed E-state index contributed by atoms with van der Waals surface area (Å²) in [6.07, 6.45) is 3.45. The number of ether oxygens (including phenoxy) is 1. The lowest BCUT2D eigenvalue weighted by molar-refractivity contribution is -0.120.